The van der Waals surface area contributed by atoms with E-state index in [1.54, 1.807) is 0 Å². The summed E-state index contributed by atoms with van der Waals surface area (Å²) in [5.41, 5.74) is 5.75. The molecule has 1 radical (unpaired) electrons. The first-order valence-electron chi connectivity index (χ1n) is 7.09. The first kappa shape index (κ1) is 22.0. The van der Waals surface area contributed by atoms with Gasteiger partial charge in [0.2, 0.25) is 0 Å². The largest absolute Gasteiger partial charge is 2.00 e. The monoisotopic (exact) mass is 325 g/mol. The zero-order valence-electron chi connectivity index (χ0n) is 13.9. The molecular formula is C16H29N2SiTi. The van der Waals surface area contributed by atoms with E-state index in [0.29, 0.717) is 6.04 Å². The van der Waals surface area contributed by atoms with Crippen LogP contribution in [-0.4, -0.2) is 21.9 Å². The quantitative estimate of drug-likeness (QED) is 0.280. The third-order valence-electron chi connectivity index (χ3n) is 3.56. The van der Waals surface area contributed by atoms with Gasteiger partial charge in [-0.2, -0.15) is 28.3 Å². The van der Waals surface area contributed by atoms with Crippen molar-refractivity contribution in [1.29, 1.82) is 5.41 Å². The van der Waals surface area contributed by atoms with Crippen LogP contribution in [0.4, 0.5) is 0 Å². The zero-order chi connectivity index (χ0) is 14.8. The molecule has 0 amide bonds. The normalized spacial score (nSPS) is 12.7. The van der Waals surface area contributed by atoms with E-state index >= 15 is 0 Å². The number of aryl methyl sites for hydroxylation is 2. The molecule has 1 fully saturated rings. The molecule has 0 unspecified atom stereocenters. The minimum atomic E-state index is 0. The molecule has 0 bridgehead atoms. The van der Waals surface area contributed by atoms with Crippen LogP contribution < -0.4 is 5.32 Å². The van der Waals surface area contributed by atoms with Crippen molar-refractivity contribution in [3.63, 3.8) is 0 Å². The zero-order valence-corrected chi connectivity index (χ0v) is 16.6. The van der Waals surface area contributed by atoms with E-state index in [9.17, 15) is 0 Å². The average Bonchev–Trinajstić information content (AvgIpc) is 2.53. The van der Waals surface area contributed by atoms with Crippen LogP contribution in [0.1, 0.15) is 41.5 Å². The maximum Gasteiger partial charge on any atom is 2.00 e. The van der Waals surface area contributed by atoms with Crippen molar-refractivity contribution in [2.75, 3.05) is 0 Å². The van der Waals surface area contributed by atoms with Gasteiger partial charge in [-0.1, -0.05) is 40.8 Å². The fourth-order valence-corrected chi connectivity index (χ4v) is 1.79. The Morgan fingerprint density at radius 3 is 1.90 bits per heavy atom. The van der Waals surface area contributed by atoms with Crippen molar-refractivity contribution in [2.45, 2.75) is 66.1 Å². The van der Waals surface area contributed by atoms with Gasteiger partial charge in [-0.15, -0.1) is 0 Å². The van der Waals surface area contributed by atoms with Crippen LogP contribution >= 0.6 is 0 Å². The molecule has 2 nitrogen and oxygen atoms in total. The van der Waals surface area contributed by atoms with Crippen LogP contribution in [0.2, 0.25) is 13.1 Å². The second-order valence-corrected chi connectivity index (χ2v) is 6.39. The summed E-state index contributed by atoms with van der Waals surface area (Å²) in [5, 5.41) is 9.31. The summed E-state index contributed by atoms with van der Waals surface area (Å²) in [7, 11) is 0.750. The number of nitrogens with one attached hydrogen (secondary N) is 2. The van der Waals surface area contributed by atoms with Gasteiger partial charge in [0, 0.05) is 9.52 Å². The fraction of sp³-hybridized carbons (Fsp3) is 0.625. The van der Waals surface area contributed by atoms with Gasteiger partial charge in [-0.05, 0) is 25.3 Å². The molecule has 4 heteroatoms. The molecule has 2 rings (SSSR count). The second-order valence-electron chi connectivity index (χ2n) is 5.23. The molecule has 2 N–H and O–H groups in total. The molecule has 1 aliphatic rings. The molecule has 0 atom stereocenters. The van der Waals surface area contributed by atoms with E-state index in [2.05, 4.69) is 58.5 Å². The smallest absolute Gasteiger partial charge is 0.548 e. The van der Waals surface area contributed by atoms with Crippen molar-refractivity contribution >= 4 is 15.9 Å². The molecule has 111 valence electrons. The summed E-state index contributed by atoms with van der Waals surface area (Å²) in [6.07, 6.45) is 5.94. The van der Waals surface area contributed by atoms with Crippen molar-refractivity contribution in [2.24, 2.45) is 0 Å². The topological polar surface area (TPSA) is 35.9 Å². The van der Waals surface area contributed by atoms with Gasteiger partial charge in [-0.3, -0.25) is 0 Å². The Balaban J connectivity index is 0. The molecule has 0 saturated heterocycles. The Morgan fingerprint density at radius 1 is 1.30 bits per heavy atom. The van der Waals surface area contributed by atoms with E-state index < -0.39 is 0 Å². The van der Waals surface area contributed by atoms with E-state index in [1.165, 1.54) is 41.5 Å². The van der Waals surface area contributed by atoms with E-state index in [-0.39, 0.29) is 21.7 Å². The van der Waals surface area contributed by atoms with Gasteiger partial charge in [0.15, 0.2) is 0 Å². The van der Waals surface area contributed by atoms with E-state index in [0.717, 1.165) is 9.52 Å². The van der Waals surface area contributed by atoms with E-state index in [4.69, 9.17) is 5.41 Å². The molecule has 1 saturated carbocycles. The van der Waals surface area contributed by atoms with Crippen LogP contribution in [0.3, 0.4) is 0 Å². The number of hydrogen-bond acceptors (Lipinski definition) is 1. The first-order valence-corrected chi connectivity index (χ1v) is 9.40. The molecule has 1 aliphatic carbocycles. The molecule has 0 spiro atoms. The third kappa shape index (κ3) is 8.13. The molecule has 1 aromatic carbocycles. The molecular weight excluding hydrogens is 296 g/mol. The minimum absolute atomic E-state index is 0. The molecule has 20 heavy (non-hydrogen) atoms. The maximum atomic E-state index is 6.51. The van der Waals surface area contributed by atoms with Gasteiger partial charge >= 0.3 is 21.7 Å². The van der Waals surface area contributed by atoms with Crippen molar-refractivity contribution in [3.8, 4) is 0 Å². The third-order valence-corrected chi connectivity index (χ3v) is 3.56. The molecule has 1 aromatic rings. The average molecular weight is 325 g/mol. The van der Waals surface area contributed by atoms with Crippen LogP contribution in [0, 0.1) is 33.1 Å². The summed E-state index contributed by atoms with van der Waals surface area (Å²) in [6, 6.07) is 2.82. The van der Waals surface area contributed by atoms with Gasteiger partial charge in [0.25, 0.3) is 0 Å². The second kappa shape index (κ2) is 12.5. The van der Waals surface area contributed by atoms with Crippen LogP contribution in [0.5, 0.6) is 0 Å². The van der Waals surface area contributed by atoms with Gasteiger partial charge in [0.05, 0.1) is 0 Å². The molecule has 0 aliphatic heterocycles. The van der Waals surface area contributed by atoms with Crippen molar-refractivity contribution in [3.05, 3.63) is 28.3 Å². The van der Waals surface area contributed by atoms with Crippen LogP contribution in [0.25, 0.3) is 0 Å². The van der Waals surface area contributed by atoms with Crippen molar-refractivity contribution < 1.29 is 21.7 Å². The summed E-state index contributed by atoms with van der Waals surface area (Å²) in [6.45, 7) is 13.1. The van der Waals surface area contributed by atoms with E-state index in [1.807, 2.05) is 0 Å². The Kier molecular flexibility index (Phi) is 13.8. The summed E-state index contributed by atoms with van der Waals surface area (Å²) >= 11 is 0. The Morgan fingerprint density at radius 2 is 1.80 bits per heavy atom. The number of rotatable bonds is 2. The standard InChI is InChI=1S/C9H13.C5H9N2.C2H7Si.Ti/c1-6-5-7(2)9(4)8(6)3;6-4-7-5-2-1-3-5;1-3-2;/h5H,1-4H3;5H,1-3H2,(H2,6,7);3H,1-2H3;/q2*-1;;+2. The minimum Gasteiger partial charge on any atom is -0.548 e. The summed E-state index contributed by atoms with van der Waals surface area (Å²) in [5.74, 6) is 0. The molecule has 0 aromatic heterocycles. The first-order chi connectivity index (χ1) is 8.97. The summed E-state index contributed by atoms with van der Waals surface area (Å²) in [4.78, 5) is 0. The van der Waals surface area contributed by atoms with Crippen LogP contribution in [0.15, 0.2) is 6.07 Å². The predicted octanol–water partition coefficient (Wildman–Crippen LogP) is 3.77. The van der Waals surface area contributed by atoms with Gasteiger partial charge in [0.1, 0.15) is 0 Å². The van der Waals surface area contributed by atoms with Crippen LogP contribution in [-0.2, 0) is 21.7 Å². The Bertz CT molecular complexity index is 348. The Hall–Kier alpha value is -0.249. The van der Waals surface area contributed by atoms with Gasteiger partial charge < -0.3 is 17.1 Å². The Labute approximate surface area is 142 Å². The maximum absolute atomic E-state index is 6.51. The predicted molar refractivity (Wildman–Crippen MR) is 88.4 cm³/mol. The SMILES string of the molecule is C[SiH]C.Cc1c[c-](C)c(C)c1C.N=[C-]NC1CCC1.[Ti+2]. The number of hydrogen-bond donors (Lipinski definition) is 2. The summed E-state index contributed by atoms with van der Waals surface area (Å²) < 4.78 is 0. The molecule has 0 heterocycles. The fourth-order valence-electron chi connectivity index (χ4n) is 1.79. The van der Waals surface area contributed by atoms with Gasteiger partial charge in [-0.25, -0.2) is 0 Å². The van der Waals surface area contributed by atoms with Crippen molar-refractivity contribution in [1.82, 2.24) is 5.32 Å².